The Bertz CT molecular complexity index is 191. The van der Waals surface area contributed by atoms with Crippen molar-refractivity contribution in [2.24, 2.45) is 5.73 Å². The van der Waals surface area contributed by atoms with Crippen molar-refractivity contribution < 1.29 is 4.79 Å². The van der Waals surface area contributed by atoms with E-state index in [1.807, 2.05) is 0 Å². The Morgan fingerprint density at radius 3 is 2.18 bits per heavy atom. The van der Waals surface area contributed by atoms with Gasteiger partial charge in [0.15, 0.2) is 0 Å². The Labute approximate surface area is 106 Å². The number of hydrogen-bond acceptors (Lipinski definition) is 3. The van der Waals surface area contributed by atoms with Crippen molar-refractivity contribution in [3.8, 4) is 0 Å². The molecule has 0 aromatic carbocycles. The van der Waals surface area contributed by atoms with E-state index in [2.05, 4.69) is 31.0 Å². The van der Waals surface area contributed by atoms with Crippen LogP contribution in [-0.2, 0) is 4.79 Å². The summed E-state index contributed by atoms with van der Waals surface area (Å²) in [7, 11) is 0. The fourth-order valence-corrected chi connectivity index (χ4v) is 1.96. The van der Waals surface area contributed by atoms with E-state index in [0.29, 0.717) is 13.0 Å². The van der Waals surface area contributed by atoms with Crippen molar-refractivity contribution in [2.75, 3.05) is 26.2 Å². The zero-order valence-corrected chi connectivity index (χ0v) is 11.7. The molecule has 0 radical (unpaired) electrons. The second-order valence-electron chi connectivity index (χ2n) is 4.48. The van der Waals surface area contributed by atoms with Gasteiger partial charge in [-0.15, -0.1) is 0 Å². The van der Waals surface area contributed by atoms with E-state index in [-0.39, 0.29) is 11.9 Å². The first-order chi connectivity index (χ1) is 8.19. The van der Waals surface area contributed by atoms with Gasteiger partial charge in [-0.05, 0) is 32.4 Å². The second-order valence-corrected chi connectivity index (χ2v) is 4.48. The van der Waals surface area contributed by atoms with Gasteiger partial charge in [0.25, 0.3) is 0 Å². The van der Waals surface area contributed by atoms with Gasteiger partial charge in [-0.25, -0.2) is 0 Å². The van der Waals surface area contributed by atoms with E-state index in [0.717, 1.165) is 38.9 Å². The molecule has 0 spiro atoms. The minimum Gasteiger partial charge on any atom is -0.356 e. The fourth-order valence-electron chi connectivity index (χ4n) is 1.96. The van der Waals surface area contributed by atoms with Crippen LogP contribution >= 0.6 is 0 Å². The van der Waals surface area contributed by atoms with Gasteiger partial charge in [0, 0.05) is 25.6 Å². The Morgan fingerprint density at radius 2 is 1.76 bits per heavy atom. The third-order valence-electron chi connectivity index (χ3n) is 2.80. The largest absolute Gasteiger partial charge is 0.356 e. The van der Waals surface area contributed by atoms with Crippen LogP contribution in [0.4, 0.5) is 0 Å². The van der Waals surface area contributed by atoms with E-state index in [4.69, 9.17) is 5.73 Å². The van der Waals surface area contributed by atoms with E-state index in [9.17, 15) is 4.79 Å². The smallest absolute Gasteiger partial charge is 0.221 e. The van der Waals surface area contributed by atoms with Crippen molar-refractivity contribution in [3.63, 3.8) is 0 Å². The van der Waals surface area contributed by atoms with Gasteiger partial charge >= 0.3 is 0 Å². The molecule has 0 aliphatic heterocycles. The maximum Gasteiger partial charge on any atom is 0.221 e. The third-order valence-corrected chi connectivity index (χ3v) is 2.80. The average molecular weight is 243 g/mol. The van der Waals surface area contributed by atoms with Crippen LogP contribution in [0.5, 0.6) is 0 Å². The summed E-state index contributed by atoms with van der Waals surface area (Å²) in [6.07, 6.45) is 3.71. The summed E-state index contributed by atoms with van der Waals surface area (Å²) in [5, 5.41) is 2.92. The second kappa shape index (κ2) is 10.5. The van der Waals surface area contributed by atoms with Crippen LogP contribution in [0.1, 0.15) is 46.5 Å². The van der Waals surface area contributed by atoms with Crippen LogP contribution in [0.25, 0.3) is 0 Å². The molecule has 1 atom stereocenters. The maximum absolute atomic E-state index is 11.7. The number of nitrogens with one attached hydrogen (secondary N) is 1. The van der Waals surface area contributed by atoms with Crippen LogP contribution in [0.15, 0.2) is 0 Å². The zero-order chi connectivity index (χ0) is 13.1. The number of nitrogens with two attached hydrogens (primary N) is 1. The lowest BCUT2D eigenvalue weighted by Gasteiger charge is -2.30. The number of hydrogen-bond donors (Lipinski definition) is 2. The Kier molecular flexibility index (Phi) is 10.2. The molecule has 0 aromatic heterocycles. The van der Waals surface area contributed by atoms with E-state index < -0.39 is 0 Å². The number of carbonyl (C=O) groups is 1. The van der Waals surface area contributed by atoms with Gasteiger partial charge in [-0.3, -0.25) is 9.69 Å². The first-order valence-electron chi connectivity index (χ1n) is 6.90. The lowest BCUT2D eigenvalue weighted by atomic mass is 10.1. The predicted octanol–water partition coefficient (Wildman–Crippen LogP) is 1.35. The van der Waals surface area contributed by atoms with E-state index in [1.165, 1.54) is 0 Å². The van der Waals surface area contributed by atoms with Crippen LogP contribution in [0.2, 0.25) is 0 Å². The normalized spacial score (nSPS) is 12.8. The number of amides is 1. The van der Waals surface area contributed by atoms with Gasteiger partial charge in [-0.2, -0.15) is 0 Å². The summed E-state index contributed by atoms with van der Waals surface area (Å²) in [5.41, 5.74) is 5.79. The van der Waals surface area contributed by atoms with Crippen molar-refractivity contribution in [3.05, 3.63) is 0 Å². The zero-order valence-electron chi connectivity index (χ0n) is 11.7. The monoisotopic (exact) mass is 243 g/mol. The molecule has 0 aliphatic rings. The molecule has 0 rings (SSSR count). The molecule has 17 heavy (non-hydrogen) atoms. The molecule has 0 bridgehead atoms. The number of rotatable bonds is 10. The summed E-state index contributed by atoms with van der Waals surface area (Å²) >= 11 is 0. The lowest BCUT2D eigenvalue weighted by molar-refractivity contribution is -0.122. The van der Waals surface area contributed by atoms with Crippen LogP contribution in [0.3, 0.4) is 0 Å². The highest BCUT2D eigenvalue weighted by Crippen LogP contribution is 2.05. The summed E-state index contributed by atoms with van der Waals surface area (Å²) in [5.74, 6) is 0.125. The summed E-state index contributed by atoms with van der Waals surface area (Å²) in [6, 6.07) is 0.187. The van der Waals surface area contributed by atoms with E-state index >= 15 is 0 Å². The minimum atomic E-state index is 0.125. The molecule has 1 unspecified atom stereocenters. The Hall–Kier alpha value is -0.610. The molecule has 0 saturated carbocycles. The average Bonchev–Trinajstić information content (AvgIpc) is 2.33. The summed E-state index contributed by atoms with van der Waals surface area (Å²) in [4.78, 5) is 14.0. The highest BCUT2D eigenvalue weighted by Gasteiger charge is 2.18. The Morgan fingerprint density at radius 1 is 1.18 bits per heavy atom. The molecule has 0 saturated heterocycles. The van der Waals surface area contributed by atoms with Crippen molar-refractivity contribution in [1.29, 1.82) is 0 Å². The molecule has 1 amide bonds. The van der Waals surface area contributed by atoms with Crippen LogP contribution < -0.4 is 11.1 Å². The highest BCUT2D eigenvalue weighted by atomic mass is 16.1. The van der Waals surface area contributed by atoms with Gasteiger partial charge in [0.05, 0.1) is 0 Å². The summed E-state index contributed by atoms with van der Waals surface area (Å²) in [6.45, 7) is 9.74. The molecule has 3 N–H and O–H groups in total. The molecule has 0 aliphatic carbocycles. The molecule has 102 valence electrons. The first-order valence-corrected chi connectivity index (χ1v) is 6.90. The van der Waals surface area contributed by atoms with Gasteiger partial charge in [0.1, 0.15) is 0 Å². The topological polar surface area (TPSA) is 58.4 Å². The highest BCUT2D eigenvalue weighted by molar-refractivity contribution is 5.76. The molecular formula is C13H29N3O. The van der Waals surface area contributed by atoms with Crippen molar-refractivity contribution in [1.82, 2.24) is 10.2 Å². The van der Waals surface area contributed by atoms with E-state index in [1.54, 1.807) is 0 Å². The lowest BCUT2D eigenvalue weighted by Crippen LogP contribution is -2.44. The maximum atomic E-state index is 11.7. The van der Waals surface area contributed by atoms with Crippen LogP contribution in [0, 0.1) is 0 Å². The Balaban J connectivity index is 4.20. The van der Waals surface area contributed by atoms with Gasteiger partial charge in [-0.1, -0.05) is 20.8 Å². The SMILES string of the molecule is CCCNC(=O)CC(CN)N(CCC)CCC. The van der Waals surface area contributed by atoms with Crippen LogP contribution in [-0.4, -0.2) is 43.0 Å². The number of nitrogens with zero attached hydrogens (tertiary/aromatic N) is 1. The molecule has 0 heterocycles. The fraction of sp³-hybridized carbons (Fsp3) is 0.923. The molecule has 4 nitrogen and oxygen atoms in total. The molecule has 4 heteroatoms. The van der Waals surface area contributed by atoms with Gasteiger partial charge < -0.3 is 11.1 Å². The molecular weight excluding hydrogens is 214 g/mol. The molecule has 0 fully saturated rings. The van der Waals surface area contributed by atoms with Gasteiger partial charge in [0.2, 0.25) is 5.91 Å². The first kappa shape index (κ1) is 16.4. The van der Waals surface area contributed by atoms with Crippen molar-refractivity contribution >= 4 is 5.91 Å². The standard InChI is InChI=1S/C13H29N3O/c1-4-7-15-13(17)10-12(11-14)16(8-5-2)9-6-3/h12H,4-11,14H2,1-3H3,(H,15,17). The predicted molar refractivity (Wildman–Crippen MR) is 72.9 cm³/mol. The summed E-state index contributed by atoms with van der Waals surface area (Å²) < 4.78 is 0. The third kappa shape index (κ3) is 7.34. The molecule has 0 aromatic rings. The van der Waals surface area contributed by atoms with Crippen molar-refractivity contribution in [2.45, 2.75) is 52.5 Å². The quantitative estimate of drug-likeness (QED) is 0.609. The minimum absolute atomic E-state index is 0.125. The number of carbonyl (C=O) groups excluding carboxylic acids is 1.